The summed E-state index contributed by atoms with van der Waals surface area (Å²) in [5.74, 6) is 0.712. The lowest BCUT2D eigenvalue weighted by Crippen LogP contribution is -2.35. The Morgan fingerprint density at radius 1 is 1.29 bits per heavy atom. The number of carbonyl (C=O) groups excluding carboxylic acids is 1. The summed E-state index contributed by atoms with van der Waals surface area (Å²) in [6, 6.07) is 1.77. The van der Waals surface area contributed by atoms with Crippen LogP contribution in [0.5, 0.6) is 0 Å². The SMILES string of the molecule is CCCN(CCC)C(=O)c1cc(CN2CCOCC2)on1. The van der Waals surface area contributed by atoms with Crippen LogP contribution >= 0.6 is 0 Å². The lowest BCUT2D eigenvalue weighted by Gasteiger charge is -2.25. The Hall–Kier alpha value is -1.40. The van der Waals surface area contributed by atoms with E-state index in [0.29, 0.717) is 12.2 Å². The van der Waals surface area contributed by atoms with Crippen LogP contribution < -0.4 is 0 Å². The highest BCUT2D eigenvalue weighted by Crippen LogP contribution is 2.11. The van der Waals surface area contributed by atoms with Gasteiger partial charge >= 0.3 is 0 Å². The molecule has 0 bridgehead atoms. The Kier molecular flexibility index (Phi) is 6.20. The highest BCUT2D eigenvalue weighted by atomic mass is 16.5. The Morgan fingerprint density at radius 3 is 2.57 bits per heavy atom. The second-order valence-corrected chi connectivity index (χ2v) is 5.36. The predicted molar refractivity (Wildman–Crippen MR) is 79.1 cm³/mol. The smallest absolute Gasteiger partial charge is 0.276 e. The molecule has 1 saturated heterocycles. The molecular weight excluding hydrogens is 270 g/mol. The van der Waals surface area contributed by atoms with Gasteiger partial charge in [-0.15, -0.1) is 0 Å². The summed E-state index contributed by atoms with van der Waals surface area (Å²) in [5.41, 5.74) is 0.417. The average molecular weight is 295 g/mol. The molecule has 2 rings (SSSR count). The predicted octanol–water partition coefficient (Wildman–Crippen LogP) is 1.77. The average Bonchev–Trinajstić information content (AvgIpc) is 2.96. The molecule has 0 spiro atoms. The van der Waals surface area contributed by atoms with Crippen LogP contribution in [0.2, 0.25) is 0 Å². The van der Waals surface area contributed by atoms with Crippen LogP contribution in [0.15, 0.2) is 10.6 Å². The number of carbonyl (C=O) groups is 1. The van der Waals surface area contributed by atoms with Gasteiger partial charge in [0, 0.05) is 32.2 Å². The maximum absolute atomic E-state index is 12.4. The van der Waals surface area contributed by atoms with E-state index >= 15 is 0 Å². The number of nitrogens with zero attached hydrogens (tertiary/aromatic N) is 3. The molecule has 1 aliphatic rings. The van der Waals surface area contributed by atoms with E-state index in [1.807, 2.05) is 4.90 Å². The molecule has 1 aliphatic heterocycles. The van der Waals surface area contributed by atoms with Crippen molar-refractivity contribution in [1.29, 1.82) is 0 Å². The Morgan fingerprint density at radius 2 is 1.95 bits per heavy atom. The van der Waals surface area contributed by atoms with Crippen LogP contribution in [-0.4, -0.2) is 60.3 Å². The van der Waals surface area contributed by atoms with Crippen molar-refractivity contribution >= 4 is 5.91 Å². The third-order valence-corrected chi connectivity index (χ3v) is 3.54. The molecular formula is C15H25N3O3. The topological polar surface area (TPSA) is 58.8 Å². The zero-order chi connectivity index (χ0) is 15.1. The second kappa shape index (κ2) is 8.14. The number of morpholine rings is 1. The number of rotatable bonds is 7. The molecule has 21 heavy (non-hydrogen) atoms. The molecule has 118 valence electrons. The first-order chi connectivity index (χ1) is 10.2. The lowest BCUT2D eigenvalue weighted by molar-refractivity contribution is 0.0305. The van der Waals surface area contributed by atoms with Crippen LogP contribution in [0.4, 0.5) is 0 Å². The summed E-state index contributed by atoms with van der Waals surface area (Å²) in [6.07, 6.45) is 1.90. The summed E-state index contributed by atoms with van der Waals surface area (Å²) in [6.45, 7) is 9.64. The van der Waals surface area contributed by atoms with Crippen molar-refractivity contribution in [1.82, 2.24) is 15.0 Å². The van der Waals surface area contributed by atoms with Gasteiger partial charge in [0.05, 0.1) is 19.8 Å². The number of amides is 1. The second-order valence-electron chi connectivity index (χ2n) is 5.36. The first-order valence-electron chi connectivity index (χ1n) is 7.79. The highest BCUT2D eigenvalue weighted by molar-refractivity contribution is 5.92. The normalized spacial score (nSPS) is 16.1. The van der Waals surface area contributed by atoms with Gasteiger partial charge < -0.3 is 14.2 Å². The third kappa shape index (κ3) is 4.54. The van der Waals surface area contributed by atoms with Crippen molar-refractivity contribution in [3.63, 3.8) is 0 Å². The lowest BCUT2D eigenvalue weighted by atomic mass is 10.2. The van der Waals surface area contributed by atoms with E-state index < -0.39 is 0 Å². The van der Waals surface area contributed by atoms with E-state index in [1.54, 1.807) is 6.07 Å². The molecule has 0 aromatic carbocycles. The molecule has 1 aromatic heterocycles. The van der Waals surface area contributed by atoms with Crippen LogP contribution in [0.1, 0.15) is 42.9 Å². The fraction of sp³-hybridized carbons (Fsp3) is 0.733. The minimum absolute atomic E-state index is 0.0318. The number of hydrogen-bond acceptors (Lipinski definition) is 5. The van der Waals surface area contributed by atoms with Gasteiger partial charge in [-0.05, 0) is 12.8 Å². The monoisotopic (exact) mass is 295 g/mol. The van der Waals surface area contributed by atoms with E-state index in [-0.39, 0.29) is 5.91 Å². The van der Waals surface area contributed by atoms with Gasteiger partial charge in [-0.25, -0.2) is 0 Å². The zero-order valence-corrected chi connectivity index (χ0v) is 13.0. The van der Waals surface area contributed by atoms with Gasteiger partial charge in [-0.2, -0.15) is 0 Å². The van der Waals surface area contributed by atoms with Crippen LogP contribution in [-0.2, 0) is 11.3 Å². The van der Waals surface area contributed by atoms with E-state index in [1.165, 1.54) is 0 Å². The molecule has 0 atom stereocenters. The van der Waals surface area contributed by atoms with Crippen molar-refractivity contribution in [3.8, 4) is 0 Å². The molecule has 0 radical (unpaired) electrons. The van der Waals surface area contributed by atoms with Gasteiger partial charge in [0.1, 0.15) is 0 Å². The van der Waals surface area contributed by atoms with E-state index in [2.05, 4.69) is 23.9 Å². The molecule has 6 nitrogen and oxygen atoms in total. The molecule has 0 aliphatic carbocycles. The summed E-state index contributed by atoms with van der Waals surface area (Å²) in [7, 11) is 0. The largest absolute Gasteiger partial charge is 0.379 e. The van der Waals surface area contributed by atoms with Crippen LogP contribution in [0.3, 0.4) is 0 Å². The summed E-state index contributed by atoms with van der Waals surface area (Å²) in [4.78, 5) is 16.5. The van der Waals surface area contributed by atoms with Gasteiger partial charge in [-0.1, -0.05) is 19.0 Å². The van der Waals surface area contributed by atoms with Gasteiger partial charge in [0.25, 0.3) is 5.91 Å². The van der Waals surface area contributed by atoms with E-state index in [4.69, 9.17) is 9.26 Å². The minimum atomic E-state index is -0.0318. The van der Waals surface area contributed by atoms with E-state index in [0.717, 1.165) is 58.0 Å². The molecule has 1 fully saturated rings. The fourth-order valence-electron chi connectivity index (χ4n) is 2.48. The molecule has 0 saturated carbocycles. The number of aromatic nitrogens is 1. The standard InChI is InChI=1S/C15H25N3O3/c1-3-5-18(6-4-2)15(19)14-11-13(21-16-14)12-17-7-9-20-10-8-17/h11H,3-10,12H2,1-2H3. The van der Waals surface area contributed by atoms with E-state index in [9.17, 15) is 4.79 Å². The molecule has 1 aromatic rings. The molecule has 0 unspecified atom stereocenters. The summed E-state index contributed by atoms with van der Waals surface area (Å²) < 4.78 is 10.6. The fourth-order valence-corrected chi connectivity index (χ4v) is 2.48. The quantitative estimate of drug-likeness (QED) is 0.767. The van der Waals surface area contributed by atoms with Crippen molar-refractivity contribution < 1.29 is 14.1 Å². The Bertz CT molecular complexity index is 435. The van der Waals surface area contributed by atoms with Crippen molar-refractivity contribution in [2.45, 2.75) is 33.2 Å². The maximum atomic E-state index is 12.4. The maximum Gasteiger partial charge on any atom is 0.276 e. The first-order valence-corrected chi connectivity index (χ1v) is 7.79. The number of hydrogen-bond donors (Lipinski definition) is 0. The Balaban J connectivity index is 1.95. The number of ether oxygens (including phenoxy) is 1. The third-order valence-electron chi connectivity index (χ3n) is 3.54. The van der Waals surface area contributed by atoms with Gasteiger partial charge in [0.15, 0.2) is 11.5 Å². The zero-order valence-electron chi connectivity index (χ0n) is 13.0. The van der Waals surface area contributed by atoms with Crippen molar-refractivity contribution in [2.24, 2.45) is 0 Å². The summed E-state index contributed by atoms with van der Waals surface area (Å²) in [5, 5.41) is 3.94. The first kappa shape index (κ1) is 16.0. The molecule has 2 heterocycles. The summed E-state index contributed by atoms with van der Waals surface area (Å²) >= 11 is 0. The van der Waals surface area contributed by atoms with Gasteiger partial charge in [0.2, 0.25) is 0 Å². The highest BCUT2D eigenvalue weighted by Gasteiger charge is 2.20. The van der Waals surface area contributed by atoms with Gasteiger partial charge in [-0.3, -0.25) is 9.69 Å². The minimum Gasteiger partial charge on any atom is -0.379 e. The molecule has 6 heteroatoms. The van der Waals surface area contributed by atoms with Crippen LogP contribution in [0, 0.1) is 0 Å². The molecule has 1 amide bonds. The van der Waals surface area contributed by atoms with Crippen molar-refractivity contribution in [3.05, 3.63) is 17.5 Å². The Labute approximate surface area is 126 Å². The molecule has 0 N–H and O–H groups in total. The van der Waals surface area contributed by atoms with Crippen molar-refractivity contribution in [2.75, 3.05) is 39.4 Å². The van der Waals surface area contributed by atoms with Crippen LogP contribution in [0.25, 0.3) is 0 Å².